The Kier molecular flexibility index (Phi) is 2.62. The fourth-order valence-electron chi connectivity index (χ4n) is 2.21. The molecule has 1 aliphatic rings. The summed E-state index contributed by atoms with van der Waals surface area (Å²) in [5, 5.41) is 0. The quantitative estimate of drug-likeness (QED) is 0.726. The topological polar surface area (TPSA) is 29.3 Å². The summed E-state index contributed by atoms with van der Waals surface area (Å²) in [5.41, 5.74) is 7.79. The minimum atomic E-state index is 0.735. The molecule has 14 heavy (non-hydrogen) atoms. The highest BCUT2D eigenvalue weighted by Gasteiger charge is 2.19. The highest BCUT2D eigenvalue weighted by atomic mass is 15.1. The number of hydrogen-bond donors (Lipinski definition) is 1. The van der Waals surface area contributed by atoms with Crippen LogP contribution in [0.25, 0.3) is 0 Å². The fraction of sp³-hybridized carbons (Fsp3) is 0.500. The van der Waals surface area contributed by atoms with Crippen molar-refractivity contribution < 1.29 is 0 Å². The summed E-state index contributed by atoms with van der Waals surface area (Å²) in [5.74, 6) is 0. The Bertz CT molecular complexity index is 286. The average Bonchev–Trinajstić information content (AvgIpc) is 2.71. The second kappa shape index (κ2) is 3.91. The first-order valence-electron chi connectivity index (χ1n) is 5.36. The maximum atomic E-state index is 5.66. The summed E-state index contributed by atoms with van der Waals surface area (Å²) in [6.45, 7) is 0. The van der Waals surface area contributed by atoms with Gasteiger partial charge in [-0.15, -0.1) is 0 Å². The van der Waals surface area contributed by atoms with Gasteiger partial charge in [-0.1, -0.05) is 12.8 Å². The maximum Gasteiger partial charge on any atom is 0.0367 e. The molecular formula is C12H18N2. The van der Waals surface area contributed by atoms with Crippen LogP contribution in [0.1, 0.15) is 25.7 Å². The standard InChI is InChI=1S/C12H18N2/c1-14(11-4-2-3-5-11)12-8-6-10(13)7-9-12/h6-9,11H,2-5,13H2,1H3. The number of nitrogen functional groups attached to an aromatic ring is 1. The van der Waals surface area contributed by atoms with Crippen molar-refractivity contribution in [2.24, 2.45) is 0 Å². The summed E-state index contributed by atoms with van der Waals surface area (Å²) in [4.78, 5) is 2.38. The summed E-state index contributed by atoms with van der Waals surface area (Å²) in [6.07, 6.45) is 5.43. The first-order chi connectivity index (χ1) is 6.77. The third-order valence-electron chi connectivity index (χ3n) is 3.17. The third kappa shape index (κ3) is 1.84. The molecule has 0 spiro atoms. The van der Waals surface area contributed by atoms with E-state index in [9.17, 15) is 0 Å². The molecule has 1 saturated carbocycles. The van der Waals surface area contributed by atoms with Crippen molar-refractivity contribution in [3.8, 4) is 0 Å². The number of nitrogens with zero attached hydrogens (tertiary/aromatic N) is 1. The van der Waals surface area contributed by atoms with Gasteiger partial charge in [-0.3, -0.25) is 0 Å². The Labute approximate surface area is 85.7 Å². The van der Waals surface area contributed by atoms with Crippen molar-refractivity contribution in [3.63, 3.8) is 0 Å². The van der Waals surface area contributed by atoms with Crippen LogP contribution >= 0.6 is 0 Å². The van der Waals surface area contributed by atoms with E-state index < -0.39 is 0 Å². The molecule has 0 bridgehead atoms. The van der Waals surface area contributed by atoms with Crippen LogP contribution < -0.4 is 10.6 Å². The Morgan fingerprint density at radius 2 is 1.71 bits per heavy atom. The van der Waals surface area contributed by atoms with Crippen molar-refractivity contribution in [1.82, 2.24) is 0 Å². The van der Waals surface area contributed by atoms with Crippen LogP contribution in [0.5, 0.6) is 0 Å². The molecular weight excluding hydrogens is 172 g/mol. The van der Waals surface area contributed by atoms with E-state index in [4.69, 9.17) is 5.73 Å². The van der Waals surface area contributed by atoms with Gasteiger partial charge in [0.1, 0.15) is 0 Å². The van der Waals surface area contributed by atoms with Gasteiger partial charge in [-0.05, 0) is 37.1 Å². The van der Waals surface area contributed by atoms with Gasteiger partial charge in [0.15, 0.2) is 0 Å². The average molecular weight is 190 g/mol. The van der Waals surface area contributed by atoms with Crippen molar-refractivity contribution in [2.45, 2.75) is 31.7 Å². The van der Waals surface area contributed by atoms with E-state index in [1.54, 1.807) is 0 Å². The molecule has 1 aromatic rings. The molecule has 2 N–H and O–H groups in total. The van der Waals surface area contributed by atoms with Crippen molar-refractivity contribution in [2.75, 3.05) is 17.7 Å². The summed E-state index contributed by atoms with van der Waals surface area (Å²) < 4.78 is 0. The molecule has 0 heterocycles. The van der Waals surface area contributed by atoms with Gasteiger partial charge < -0.3 is 10.6 Å². The minimum absolute atomic E-state index is 0.735. The van der Waals surface area contributed by atoms with E-state index in [-0.39, 0.29) is 0 Å². The highest BCUT2D eigenvalue weighted by Crippen LogP contribution is 2.27. The van der Waals surface area contributed by atoms with E-state index in [0.29, 0.717) is 0 Å². The van der Waals surface area contributed by atoms with Crippen LogP contribution in [0.2, 0.25) is 0 Å². The van der Waals surface area contributed by atoms with E-state index in [1.807, 2.05) is 12.1 Å². The molecule has 0 aromatic heterocycles. The van der Waals surface area contributed by atoms with Crippen molar-refractivity contribution in [3.05, 3.63) is 24.3 Å². The van der Waals surface area contributed by atoms with Gasteiger partial charge in [0.25, 0.3) is 0 Å². The number of hydrogen-bond acceptors (Lipinski definition) is 2. The van der Waals surface area contributed by atoms with Crippen LogP contribution in [0.15, 0.2) is 24.3 Å². The molecule has 0 amide bonds. The molecule has 2 heteroatoms. The molecule has 0 saturated heterocycles. The Morgan fingerprint density at radius 1 is 1.14 bits per heavy atom. The number of anilines is 2. The van der Waals surface area contributed by atoms with Gasteiger partial charge in [0.05, 0.1) is 0 Å². The van der Waals surface area contributed by atoms with Crippen LogP contribution in [-0.4, -0.2) is 13.1 Å². The zero-order valence-corrected chi connectivity index (χ0v) is 8.74. The molecule has 0 aliphatic heterocycles. The largest absolute Gasteiger partial charge is 0.399 e. The predicted molar refractivity (Wildman–Crippen MR) is 61.5 cm³/mol. The van der Waals surface area contributed by atoms with Crippen LogP contribution in [0.3, 0.4) is 0 Å². The number of nitrogens with two attached hydrogens (primary N) is 1. The predicted octanol–water partition coefficient (Wildman–Crippen LogP) is 2.65. The summed E-state index contributed by atoms with van der Waals surface area (Å²) in [6, 6.07) is 8.89. The molecule has 0 radical (unpaired) electrons. The minimum Gasteiger partial charge on any atom is -0.399 e. The Hall–Kier alpha value is -1.18. The second-order valence-corrected chi connectivity index (χ2v) is 4.14. The van der Waals surface area contributed by atoms with Gasteiger partial charge in [0.2, 0.25) is 0 Å². The molecule has 1 aromatic carbocycles. The monoisotopic (exact) mass is 190 g/mol. The van der Waals surface area contributed by atoms with E-state index in [2.05, 4.69) is 24.1 Å². The second-order valence-electron chi connectivity index (χ2n) is 4.14. The van der Waals surface area contributed by atoms with E-state index >= 15 is 0 Å². The lowest BCUT2D eigenvalue weighted by Crippen LogP contribution is -2.28. The summed E-state index contributed by atoms with van der Waals surface area (Å²) >= 11 is 0. The summed E-state index contributed by atoms with van der Waals surface area (Å²) in [7, 11) is 2.18. The SMILES string of the molecule is CN(c1ccc(N)cc1)C1CCCC1. The van der Waals surface area contributed by atoms with Crippen molar-refractivity contribution >= 4 is 11.4 Å². The molecule has 2 rings (SSSR count). The Balaban J connectivity index is 2.09. The van der Waals surface area contributed by atoms with Gasteiger partial charge in [-0.25, -0.2) is 0 Å². The lowest BCUT2D eigenvalue weighted by atomic mass is 10.2. The molecule has 1 aliphatic carbocycles. The number of rotatable bonds is 2. The first-order valence-corrected chi connectivity index (χ1v) is 5.36. The van der Waals surface area contributed by atoms with Crippen LogP contribution in [0, 0.1) is 0 Å². The third-order valence-corrected chi connectivity index (χ3v) is 3.17. The first kappa shape index (κ1) is 9.38. The lowest BCUT2D eigenvalue weighted by molar-refractivity contribution is 0.653. The zero-order valence-electron chi connectivity index (χ0n) is 8.74. The highest BCUT2D eigenvalue weighted by molar-refractivity contribution is 5.53. The molecule has 1 fully saturated rings. The lowest BCUT2D eigenvalue weighted by Gasteiger charge is -2.26. The maximum absolute atomic E-state index is 5.66. The molecule has 2 nitrogen and oxygen atoms in total. The number of benzene rings is 1. The normalized spacial score (nSPS) is 17.2. The molecule has 0 atom stereocenters. The smallest absolute Gasteiger partial charge is 0.0367 e. The van der Waals surface area contributed by atoms with Crippen molar-refractivity contribution in [1.29, 1.82) is 0 Å². The zero-order chi connectivity index (χ0) is 9.97. The molecule has 0 unspecified atom stereocenters. The van der Waals surface area contributed by atoms with Gasteiger partial charge in [-0.2, -0.15) is 0 Å². The van der Waals surface area contributed by atoms with Crippen LogP contribution in [-0.2, 0) is 0 Å². The van der Waals surface area contributed by atoms with E-state index in [1.165, 1.54) is 31.4 Å². The van der Waals surface area contributed by atoms with Gasteiger partial charge in [0, 0.05) is 24.5 Å². The van der Waals surface area contributed by atoms with Gasteiger partial charge >= 0.3 is 0 Å². The molecule has 76 valence electrons. The van der Waals surface area contributed by atoms with E-state index in [0.717, 1.165) is 11.7 Å². The Morgan fingerprint density at radius 3 is 2.29 bits per heavy atom. The fourth-order valence-corrected chi connectivity index (χ4v) is 2.21. The van der Waals surface area contributed by atoms with Crippen LogP contribution in [0.4, 0.5) is 11.4 Å².